The highest BCUT2D eigenvalue weighted by atomic mass is 35.6. The second-order valence-electron chi connectivity index (χ2n) is 0.711. The van der Waals surface area contributed by atoms with E-state index in [1.54, 1.807) is 0 Å². The molecule has 0 rings (SSSR count). The topological polar surface area (TPSA) is 40.5 Å². The second kappa shape index (κ2) is 7.30. The van der Waals surface area contributed by atoms with Gasteiger partial charge in [0.1, 0.15) is 0 Å². The third kappa shape index (κ3) is 1970. The Balaban J connectivity index is 0. The van der Waals surface area contributed by atoms with Crippen LogP contribution in [0.15, 0.2) is 0 Å². The van der Waals surface area contributed by atoms with E-state index in [0.29, 0.717) is 3.46 Å². The van der Waals surface area contributed by atoms with Gasteiger partial charge in [-0.3, -0.25) is 4.79 Å². The molecule has 0 fully saturated rings. The minimum Gasteiger partial charge on any atom is -0.481 e. The maximum Gasteiger partial charge on any atom is 0.300 e. The van der Waals surface area contributed by atoms with Gasteiger partial charge < -0.3 is 5.11 Å². The molecule has 1 N–H and O–H groups in total. The summed E-state index contributed by atoms with van der Waals surface area (Å²) in [7, 11) is 0. The van der Waals surface area contributed by atoms with E-state index in [9.17, 15) is 0 Å². The number of rotatable bonds is 0. The van der Waals surface area contributed by atoms with Crippen LogP contribution < -0.4 is 0 Å². The van der Waals surface area contributed by atoms with E-state index < -0.39 is 5.97 Å². The lowest BCUT2D eigenvalue weighted by molar-refractivity contribution is -0.134. The van der Waals surface area contributed by atoms with E-state index in [2.05, 4.69) is 35.3 Å². The van der Waals surface area contributed by atoms with Crippen LogP contribution in [0.25, 0.3) is 0 Å². The van der Waals surface area contributed by atoms with Crippen LogP contribution in [0.4, 0.5) is 0 Å². The summed E-state index contributed by atoms with van der Waals surface area (Å²) in [6.45, 7) is 1.08. The van der Waals surface area contributed by atoms with Crippen LogP contribution in [0, 0.1) is 0 Å². The first-order chi connectivity index (χ1) is 3.46. The van der Waals surface area contributed by atoms with Crippen LogP contribution in [-0.2, 0) is 4.79 Å². The van der Waals surface area contributed by atoms with Gasteiger partial charge in [-0.15, -0.1) is 0 Å². The average Bonchev–Trinajstić information content (AvgIpc) is 1.25. The zero-order chi connectivity index (χ0) is 7.15. The maximum atomic E-state index is 9.00. The summed E-state index contributed by atoms with van der Waals surface area (Å²) < 4.78 is 0.417. The summed E-state index contributed by atoms with van der Waals surface area (Å²) in [5.74, 6) is -0.833. The molecule has 0 aliphatic carbocycles. The SMILES string of the molecule is CC(=O)O.ClN(Cl)Cl. The molecule has 0 unspecified atom stereocenters. The molecule has 8 heavy (non-hydrogen) atoms. The van der Waals surface area contributed by atoms with Crippen LogP contribution in [-0.4, -0.2) is 14.5 Å². The zero-order valence-corrected chi connectivity index (χ0v) is 6.20. The van der Waals surface area contributed by atoms with Gasteiger partial charge in [-0.2, -0.15) is 0 Å². The van der Waals surface area contributed by atoms with Gasteiger partial charge >= 0.3 is 0 Å². The number of halogens is 3. The molecule has 3 nitrogen and oxygen atoms in total. The zero-order valence-electron chi connectivity index (χ0n) is 3.94. The Bertz CT molecular complexity index is 59.5. The molecule has 0 amide bonds. The summed E-state index contributed by atoms with van der Waals surface area (Å²) >= 11 is 13.9. The fourth-order valence-electron chi connectivity index (χ4n) is 0. The molecule has 50 valence electrons. The lowest BCUT2D eigenvalue weighted by Gasteiger charge is -1.74. The molecule has 0 spiro atoms. The summed E-state index contributed by atoms with van der Waals surface area (Å²) in [6, 6.07) is 0. The number of nitrogens with zero attached hydrogens (tertiary/aromatic N) is 1. The van der Waals surface area contributed by atoms with Crippen LogP contribution in [0.5, 0.6) is 0 Å². The van der Waals surface area contributed by atoms with Crippen molar-refractivity contribution < 1.29 is 9.90 Å². The number of hydrogen-bond acceptors (Lipinski definition) is 2. The number of carboxylic acid groups (broad SMARTS) is 1. The number of carboxylic acids is 1. The van der Waals surface area contributed by atoms with E-state index in [0.717, 1.165) is 6.92 Å². The van der Waals surface area contributed by atoms with Gasteiger partial charge in [0.05, 0.1) is 0 Å². The molecule has 0 aliphatic rings. The summed E-state index contributed by atoms with van der Waals surface area (Å²) in [4.78, 5) is 9.00. The van der Waals surface area contributed by atoms with E-state index in [1.807, 2.05) is 0 Å². The first-order valence-electron chi connectivity index (χ1n) is 1.43. The van der Waals surface area contributed by atoms with Crippen LogP contribution in [0.2, 0.25) is 0 Å². The molecule has 0 saturated heterocycles. The molecule has 0 aromatic heterocycles. The molecule has 0 aliphatic heterocycles. The summed E-state index contributed by atoms with van der Waals surface area (Å²) in [6.07, 6.45) is 0. The summed E-state index contributed by atoms with van der Waals surface area (Å²) in [5.41, 5.74) is 0. The molecule has 0 atom stereocenters. The van der Waals surface area contributed by atoms with Crippen molar-refractivity contribution >= 4 is 41.3 Å². The minimum absolute atomic E-state index is 0.417. The predicted molar refractivity (Wildman–Crippen MR) is 32.7 cm³/mol. The Labute approximate surface area is 62.1 Å². The molecule has 0 bridgehead atoms. The van der Waals surface area contributed by atoms with E-state index in [-0.39, 0.29) is 0 Å². The van der Waals surface area contributed by atoms with Gasteiger partial charge in [-0.05, 0) is 3.46 Å². The number of hydrogen-bond donors (Lipinski definition) is 1. The Kier molecular flexibility index (Phi) is 10.2. The Morgan fingerprint density at radius 2 is 1.50 bits per heavy atom. The third-order valence-corrected chi connectivity index (χ3v) is 0. The fourth-order valence-corrected chi connectivity index (χ4v) is 0. The second-order valence-corrected chi connectivity index (χ2v) is 2.24. The largest absolute Gasteiger partial charge is 0.481 e. The Hall–Kier alpha value is 0.300. The van der Waals surface area contributed by atoms with Gasteiger partial charge in [-0.1, -0.05) is 0 Å². The van der Waals surface area contributed by atoms with E-state index in [4.69, 9.17) is 9.90 Å². The van der Waals surface area contributed by atoms with E-state index >= 15 is 0 Å². The first kappa shape index (κ1) is 11.1. The van der Waals surface area contributed by atoms with Crippen molar-refractivity contribution in [3.63, 3.8) is 0 Å². The van der Waals surface area contributed by atoms with Gasteiger partial charge in [0, 0.05) is 42.3 Å². The third-order valence-electron chi connectivity index (χ3n) is 0. The van der Waals surface area contributed by atoms with Crippen LogP contribution >= 0.6 is 35.3 Å². The van der Waals surface area contributed by atoms with Crippen molar-refractivity contribution in [2.24, 2.45) is 0 Å². The lowest BCUT2D eigenvalue weighted by Crippen LogP contribution is -1.78. The number of aliphatic carboxylic acids is 1. The molecule has 0 aromatic carbocycles. The molecule has 0 heterocycles. The molecular weight excluding hydrogens is 176 g/mol. The van der Waals surface area contributed by atoms with Crippen molar-refractivity contribution in [1.82, 2.24) is 3.46 Å². The lowest BCUT2D eigenvalue weighted by atomic mass is 10.9. The van der Waals surface area contributed by atoms with Crippen molar-refractivity contribution in [2.75, 3.05) is 0 Å². The van der Waals surface area contributed by atoms with Crippen LogP contribution in [0.3, 0.4) is 0 Å². The van der Waals surface area contributed by atoms with Crippen molar-refractivity contribution in [3.8, 4) is 0 Å². The van der Waals surface area contributed by atoms with Crippen molar-refractivity contribution in [2.45, 2.75) is 6.92 Å². The van der Waals surface area contributed by atoms with Crippen molar-refractivity contribution in [1.29, 1.82) is 0 Å². The Morgan fingerprint density at radius 1 is 1.50 bits per heavy atom. The van der Waals surface area contributed by atoms with Crippen LogP contribution in [0.1, 0.15) is 6.92 Å². The van der Waals surface area contributed by atoms with E-state index in [1.165, 1.54) is 0 Å². The van der Waals surface area contributed by atoms with Gasteiger partial charge in [0.2, 0.25) is 0 Å². The summed E-state index contributed by atoms with van der Waals surface area (Å²) in [5, 5.41) is 7.42. The quantitative estimate of drug-likeness (QED) is 0.578. The standard InChI is InChI=1S/C2H4O2.Cl3N/c1-2(3)4;1-4(2)3/h1H3,(H,3,4);. The molecular formula is C2H4Cl3NO2. The predicted octanol–water partition coefficient (Wildman–Crippen LogP) is 1.84. The van der Waals surface area contributed by atoms with Gasteiger partial charge in [-0.25, -0.2) is 0 Å². The fraction of sp³-hybridized carbons (Fsp3) is 0.500. The number of carbonyl (C=O) groups is 1. The molecule has 0 radical (unpaired) electrons. The molecule has 0 saturated carbocycles. The Morgan fingerprint density at radius 3 is 1.50 bits per heavy atom. The van der Waals surface area contributed by atoms with Gasteiger partial charge in [0.25, 0.3) is 5.97 Å². The maximum absolute atomic E-state index is 9.00. The first-order valence-corrected chi connectivity index (χ1v) is 2.45. The monoisotopic (exact) mass is 179 g/mol. The smallest absolute Gasteiger partial charge is 0.300 e. The minimum atomic E-state index is -0.833. The van der Waals surface area contributed by atoms with Gasteiger partial charge in [0.15, 0.2) is 0 Å². The molecule has 6 heteroatoms. The van der Waals surface area contributed by atoms with Crippen molar-refractivity contribution in [3.05, 3.63) is 0 Å². The normalized spacial score (nSPS) is 7.62. The molecule has 0 aromatic rings. The highest BCUT2D eigenvalue weighted by Crippen LogP contribution is 1.99. The highest BCUT2D eigenvalue weighted by Gasteiger charge is 1.72. The highest BCUT2D eigenvalue weighted by molar-refractivity contribution is 6.50. The average molecular weight is 180 g/mol.